The highest BCUT2D eigenvalue weighted by Crippen LogP contribution is 2.22. The molecule has 0 unspecified atom stereocenters. The van der Waals surface area contributed by atoms with E-state index in [1.165, 1.54) is 5.56 Å². The molecular formula is C24H27N9O3. The second-order valence-electron chi connectivity index (χ2n) is 9.09. The maximum atomic E-state index is 11.5. The molecule has 4 heterocycles. The SMILES string of the molecule is O=c1[nH]c(O)c(/C=c2\cnn3c(=NC4CC4)nc(NCc4cccc(CN5CCOCC5)c4)nc23)[nH]1. The van der Waals surface area contributed by atoms with Crippen molar-refractivity contribution in [3.63, 3.8) is 0 Å². The van der Waals surface area contributed by atoms with Gasteiger partial charge in [-0.3, -0.25) is 9.88 Å². The van der Waals surface area contributed by atoms with Crippen LogP contribution < -0.4 is 21.8 Å². The first-order valence-electron chi connectivity index (χ1n) is 12.0. The Hall–Kier alpha value is -4.03. The van der Waals surface area contributed by atoms with Gasteiger partial charge in [0.15, 0.2) is 5.65 Å². The molecule has 6 rings (SSSR count). The molecule has 0 amide bonds. The molecule has 1 aliphatic heterocycles. The van der Waals surface area contributed by atoms with Crippen LogP contribution >= 0.6 is 0 Å². The molecule has 2 fully saturated rings. The van der Waals surface area contributed by atoms with Crippen molar-refractivity contribution < 1.29 is 9.84 Å². The number of morpholine rings is 1. The number of anilines is 1. The summed E-state index contributed by atoms with van der Waals surface area (Å²) in [5.74, 6) is 0.189. The number of aromatic hydroxyl groups is 1. The Labute approximate surface area is 205 Å². The van der Waals surface area contributed by atoms with E-state index in [4.69, 9.17) is 9.73 Å². The number of hydrogen-bond acceptors (Lipinski definition) is 9. The number of fused-ring (bicyclic) bond motifs is 1. The number of imidazole rings is 1. The number of nitrogens with zero attached hydrogens (tertiary/aromatic N) is 6. The Bertz CT molecular complexity index is 1560. The monoisotopic (exact) mass is 489 g/mol. The van der Waals surface area contributed by atoms with E-state index in [-0.39, 0.29) is 17.6 Å². The van der Waals surface area contributed by atoms with Gasteiger partial charge in [-0.1, -0.05) is 24.3 Å². The summed E-state index contributed by atoms with van der Waals surface area (Å²) in [5, 5.41) is 18.3. The first-order chi connectivity index (χ1) is 17.6. The number of hydrogen-bond donors (Lipinski definition) is 4. The van der Waals surface area contributed by atoms with Gasteiger partial charge in [0, 0.05) is 31.4 Å². The predicted octanol–water partition coefficient (Wildman–Crippen LogP) is -0.0986. The van der Waals surface area contributed by atoms with Crippen molar-refractivity contribution >= 4 is 17.7 Å². The number of ether oxygens (including phenoxy) is 1. The molecule has 2 aliphatic rings. The first-order valence-corrected chi connectivity index (χ1v) is 12.0. The second kappa shape index (κ2) is 9.55. The molecule has 0 spiro atoms. The average Bonchev–Trinajstić information content (AvgIpc) is 3.51. The highest BCUT2D eigenvalue weighted by molar-refractivity contribution is 5.57. The molecule has 36 heavy (non-hydrogen) atoms. The molecule has 4 N–H and O–H groups in total. The number of H-pyrrole nitrogens is 2. The third kappa shape index (κ3) is 4.99. The largest absolute Gasteiger partial charge is 0.493 e. The molecule has 3 aromatic heterocycles. The van der Waals surface area contributed by atoms with Crippen LogP contribution in [0.3, 0.4) is 0 Å². The van der Waals surface area contributed by atoms with Crippen molar-refractivity contribution in [1.29, 1.82) is 0 Å². The van der Waals surface area contributed by atoms with Gasteiger partial charge in [-0.25, -0.2) is 9.79 Å². The minimum atomic E-state index is -0.493. The molecule has 0 atom stereocenters. The van der Waals surface area contributed by atoms with Crippen molar-refractivity contribution in [3.05, 3.63) is 68.6 Å². The highest BCUT2D eigenvalue weighted by atomic mass is 16.5. The van der Waals surface area contributed by atoms with Gasteiger partial charge in [0.1, 0.15) is 5.69 Å². The Kier molecular flexibility index (Phi) is 5.95. The van der Waals surface area contributed by atoms with E-state index in [1.54, 1.807) is 16.8 Å². The van der Waals surface area contributed by atoms with Gasteiger partial charge in [0.05, 0.1) is 25.5 Å². The van der Waals surface area contributed by atoms with Crippen LogP contribution in [0.1, 0.15) is 29.7 Å². The lowest BCUT2D eigenvalue weighted by Gasteiger charge is -2.26. The molecule has 4 aromatic rings. The standard InChI is InChI=1S/C24H27N9O3/c34-21-19(28-24(35)30-21)11-17-13-26-33-20(17)29-22(31-23(33)27-18-4-5-18)25-12-15-2-1-3-16(10-15)14-32-6-8-36-9-7-32/h1-3,10-11,13,18,34H,4-9,12,14H2,(H,25,27,31)(H2,28,30,35)/b17-11+. The summed E-state index contributed by atoms with van der Waals surface area (Å²) < 4.78 is 7.03. The minimum Gasteiger partial charge on any atom is -0.493 e. The van der Waals surface area contributed by atoms with Gasteiger partial charge in [-0.2, -0.15) is 19.6 Å². The molecule has 0 bridgehead atoms. The van der Waals surface area contributed by atoms with E-state index in [0.717, 1.165) is 51.3 Å². The van der Waals surface area contributed by atoms with E-state index in [1.807, 2.05) is 0 Å². The van der Waals surface area contributed by atoms with Gasteiger partial charge in [-0.15, -0.1) is 0 Å². The molecule has 1 aliphatic carbocycles. The zero-order chi connectivity index (χ0) is 24.5. The lowest BCUT2D eigenvalue weighted by atomic mass is 10.1. The number of aromatic amines is 2. The van der Waals surface area contributed by atoms with Crippen LogP contribution in [-0.4, -0.2) is 71.9 Å². The van der Waals surface area contributed by atoms with Crippen molar-refractivity contribution in [1.82, 2.24) is 34.4 Å². The summed E-state index contributed by atoms with van der Waals surface area (Å²) in [7, 11) is 0. The maximum absolute atomic E-state index is 11.5. The topological polar surface area (TPSA) is 149 Å². The summed E-state index contributed by atoms with van der Waals surface area (Å²) in [5.41, 5.74) is 3.13. The lowest BCUT2D eigenvalue weighted by molar-refractivity contribution is 0.0342. The molecule has 1 saturated carbocycles. The molecule has 12 heteroatoms. The zero-order valence-corrected chi connectivity index (χ0v) is 19.6. The highest BCUT2D eigenvalue weighted by Gasteiger charge is 2.21. The van der Waals surface area contributed by atoms with Gasteiger partial charge in [0.25, 0.3) is 5.62 Å². The fourth-order valence-corrected chi connectivity index (χ4v) is 4.20. The molecular weight excluding hydrogens is 462 g/mol. The summed E-state index contributed by atoms with van der Waals surface area (Å²) in [6.45, 7) is 4.90. The normalized spacial score (nSPS) is 17.8. The molecule has 1 saturated heterocycles. The average molecular weight is 490 g/mol. The van der Waals surface area contributed by atoms with Crippen molar-refractivity contribution in [3.8, 4) is 5.88 Å². The van der Waals surface area contributed by atoms with E-state index >= 15 is 0 Å². The quantitative estimate of drug-likeness (QED) is 0.281. The van der Waals surface area contributed by atoms with E-state index in [0.29, 0.717) is 29.0 Å². The summed E-state index contributed by atoms with van der Waals surface area (Å²) >= 11 is 0. The Balaban J connectivity index is 1.29. The van der Waals surface area contributed by atoms with Crippen LogP contribution in [0.5, 0.6) is 5.88 Å². The Morgan fingerprint density at radius 3 is 2.81 bits per heavy atom. The van der Waals surface area contributed by atoms with E-state index in [2.05, 4.69) is 59.5 Å². The molecule has 186 valence electrons. The predicted molar refractivity (Wildman–Crippen MR) is 131 cm³/mol. The first kappa shape index (κ1) is 22.4. The van der Waals surface area contributed by atoms with Gasteiger partial charge in [0.2, 0.25) is 11.8 Å². The van der Waals surface area contributed by atoms with Crippen LogP contribution in [0.15, 0.2) is 40.2 Å². The van der Waals surface area contributed by atoms with Crippen molar-refractivity contribution in [2.75, 3.05) is 31.6 Å². The van der Waals surface area contributed by atoms with Crippen LogP contribution in [0.2, 0.25) is 0 Å². The molecule has 0 radical (unpaired) electrons. The summed E-state index contributed by atoms with van der Waals surface area (Å²) in [6.07, 6.45) is 5.29. The third-order valence-electron chi connectivity index (χ3n) is 6.21. The van der Waals surface area contributed by atoms with Gasteiger partial charge >= 0.3 is 5.69 Å². The molecule has 12 nitrogen and oxygen atoms in total. The van der Waals surface area contributed by atoms with E-state index < -0.39 is 5.69 Å². The number of nitrogens with one attached hydrogen (secondary N) is 3. The zero-order valence-electron chi connectivity index (χ0n) is 19.6. The van der Waals surface area contributed by atoms with Crippen LogP contribution in [-0.2, 0) is 17.8 Å². The molecule has 1 aromatic carbocycles. The summed E-state index contributed by atoms with van der Waals surface area (Å²) in [6, 6.07) is 8.73. The van der Waals surface area contributed by atoms with Crippen LogP contribution in [0.25, 0.3) is 11.7 Å². The van der Waals surface area contributed by atoms with Crippen molar-refractivity contribution in [2.45, 2.75) is 32.0 Å². The lowest BCUT2D eigenvalue weighted by Crippen LogP contribution is -2.35. The van der Waals surface area contributed by atoms with E-state index in [9.17, 15) is 9.90 Å². The Morgan fingerprint density at radius 2 is 2.03 bits per heavy atom. The van der Waals surface area contributed by atoms with Gasteiger partial charge in [-0.05, 0) is 30.0 Å². The fraction of sp³-hybridized carbons (Fsp3) is 0.375. The minimum absolute atomic E-state index is 0.244. The third-order valence-corrected chi connectivity index (χ3v) is 6.21. The fourth-order valence-electron chi connectivity index (χ4n) is 4.20. The van der Waals surface area contributed by atoms with Crippen LogP contribution in [0, 0.1) is 0 Å². The number of aromatic nitrogens is 6. The van der Waals surface area contributed by atoms with Gasteiger partial charge < -0.3 is 20.1 Å². The van der Waals surface area contributed by atoms with Crippen LogP contribution in [0.4, 0.5) is 5.95 Å². The summed E-state index contributed by atoms with van der Waals surface area (Å²) in [4.78, 5) is 32.8. The number of rotatable bonds is 7. The Morgan fingerprint density at radius 1 is 1.19 bits per heavy atom. The smallest absolute Gasteiger partial charge is 0.326 e. The maximum Gasteiger partial charge on any atom is 0.326 e. The second-order valence-corrected chi connectivity index (χ2v) is 9.09. The number of benzene rings is 1. The van der Waals surface area contributed by atoms with Crippen molar-refractivity contribution in [2.24, 2.45) is 4.99 Å².